The van der Waals surface area contributed by atoms with Gasteiger partial charge in [-0.1, -0.05) is 0 Å². The molecule has 0 spiro atoms. The van der Waals surface area contributed by atoms with Gasteiger partial charge in [-0.25, -0.2) is 14.8 Å². The number of piperidine rings is 1. The second-order valence-corrected chi connectivity index (χ2v) is 7.18. The molecule has 138 valence electrons. The van der Waals surface area contributed by atoms with E-state index in [9.17, 15) is 9.90 Å². The average Bonchev–Trinajstić information content (AvgIpc) is 3.16. The zero-order chi connectivity index (χ0) is 18.1. The molecule has 26 heavy (non-hydrogen) atoms. The molecule has 2 saturated heterocycles. The predicted molar refractivity (Wildman–Crippen MR) is 98.6 cm³/mol. The van der Waals surface area contributed by atoms with E-state index in [2.05, 4.69) is 33.1 Å². The molecular formula is C19H24N4O3. The Labute approximate surface area is 152 Å². The number of amides is 1. The Bertz CT molecular complexity index is 804. The molecule has 2 fully saturated rings. The van der Waals surface area contributed by atoms with Crippen molar-refractivity contribution in [3.8, 4) is 0 Å². The van der Waals surface area contributed by atoms with Gasteiger partial charge in [0.25, 0.3) is 0 Å². The Morgan fingerprint density at radius 3 is 2.69 bits per heavy atom. The molecule has 1 aromatic heterocycles. The Hall–Kier alpha value is -2.41. The van der Waals surface area contributed by atoms with Crippen LogP contribution in [-0.4, -0.2) is 63.5 Å². The van der Waals surface area contributed by atoms with Crippen LogP contribution in [0.5, 0.6) is 0 Å². The molecule has 2 aliphatic heterocycles. The van der Waals surface area contributed by atoms with E-state index in [4.69, 9.17) is 5.11 Å². The summed E-state index contributed by atoms with van der Waals surface area (Å²) in [6.45, 7) is 2.24. The van der Waals surface area contributed by atoms with Gasteiger partial charge in [0.2, 0.25) is 0 Å². The Balaban J connectivity index is 1.60. The summed E-state index contributed by atoms with van der Waals surface area (Å²) < 4.78 is 0. The molecule has 7 nitrogen and oxygen atoms in total. The minimum Gasteiger partial charge on any atom is -0.465 e. The first-order chi connectivity index (χ1) is 12.7. The van der Waals surface area contributed by atoms with Crippen molar-refractivity contribution < 1.29 is 15.0 Å². The molecule has 0 aliphatic carbocycles. The van der Waals surface area contributed by atoms with Crippen molar-refractivity contribution in [3.63, 3.8) is 0 Å². The molecule has 3 heterocycles. The Morgan fingerprint density at radius 2 is 1.96 bits per heavy atom. The molecule has 1 atom stereocenters. The molecule has 4 rings (SSSR count). The molecule has 0 bridgehead atoms. The lowest BCUT2D eigenvalue weighted by molar-refractivity contribution is 0.132. The van der Waals surface area contributed by atoms with Crippen LogP contribution in [0.3, 0.4) is 0 Å². The number of benzene rings is 1. The second-order valence-electron chi connectivity index (χ2n) is 7.18. The van der Waals surface area contributed by atoms with Gasteiger partial charge in [-0.15, -0.1) is 0 Å². The summed E-state index contributed by atoms with van der Waals surface area (Å²) in [5.74, 6) is 0.263. The topological polar surface area (TPSA) is 89.8 Å². The fourth-order valence-corrected chi connectivity index (χ4v) is 4.28. The molecule has 7 heteroatoms. The molecule has 2 aliphatic rings. The lowest BCUT2D eigenvalue weighted by atomic mass is 9.91. The van der Waals surface area contributed by atoms with Gasteiger partial charge in [-0.3, -0.25) is 0 Å². The molecule has 0 saturated carbocycles. The zero-order valence-electron chi connectivity index (χ0n) is 14.7. The van der Waals surface area contributed by atoms with Gasteiger partial charge in [-0.05, 0) is 43.9 Å². The highest BCUT2D eigenvalue weighted by atomic mass is 16.4. The van der Waals surface area contributed by atoms with Crippen LogP contribution in [0, 0.1) is 0 Å². The van der Waals surface area contributed by atoms with E-state index in [0.29, 0.717) is 13.1 Å². The fourth-order valence-electron chi connectivity index (χ4n) is 4.28. The SMILES string of the molecule is O=C(O)N1CCC(c2ncnc3cc(N4CCC[C@H]4CO)ccc23)CC1. The maximum Gasteiger partial charge on any atom is 0.407 e. The molecule has 1 aromatic carbocycles. The highest BCUT2D eigenvalue weighted by molar-refractivity contribution is 5.84. The van der Waals surface area contributed by atoms with Gasteiger partial charge in [0.15, 0.2) is 0 Å². The number of nitrogens with zero attached hydrogens (tertiary/aromatic N) is 4. The van der Waals surface area contributed by atoms with Crippen molar-refractivity contribution in [2.45, 2.75) is 37.6 Å². The van der Waals surface area contributed by atoms with Crippen molar-refractivity contribution in [3.05, 3.63) is 30.2 Å². The largest absolute Gasteiger partial charge is 0.465 e. The van der Waals surface area contributed by atoms with E-state index < -0.39 is 6.09 Å². The van der Waals surface area contributed by atoms with Gasteiger partial charge in [0.05, 0.1) is 23.9 Å². The van der Waals surface area contributed by atoms with Gasteiger partial charge in [0.1, 0.15) is 6.33 Å². The normalized spacial score (nSPS) is 21.5. The number of hydrogen-bond acceptors (Lipinski definition) is 5. The van der Waals surface area contributed by atoms with Crippen molar-refractivity contribution in [1.29, 1.82) is 0 Å². The number of carboxylic acid groups (broad SMARTS) is 1. The van der Waals surface area contributed by atoms with Crippen LogP contribution >= 0.6 is 0 Å². The number of likely N-dealkylation sites (tertiary alicyclic amines) is 1. The van der Waals surface area contributed by atoms with Crippen molar-refractivity contribution in [1.82, 2.24) is 14.9 Å². The van der Waals surface area contributed by atoms with Crippen LogP contribution in [0.15, 0.2) is 24.5 Å². The first-order valence-electron chi connectivity index (χ1n) is 9.27. The van der Waals surface area contributed by atoms with E-state index in [-0.39, 0.29) is 18.6 Å². The van der Waals surface area contributed by atoms with Crippen molar-refractivity contribution >= 4 is 22.7 Å². The number of hydrogen-bond donors (Lipinski definition) is 2. The standard InChI is InChI=1S/C19H24N4O3/c24-11-15-2-1-7-23(15)14-3-4-16-17(10-14)20-12-21-18(16)13-5-8-22(9-6-13)19(25)26/h3-4,10,12-13,15,24H,1-2,5-9,11H2,(H,25,26)/t15-/m0/s1. The molecule has 2 aromatic rings. The monoisotopic (exact) mass is 356 g/mol. The van der Waals surface area contributed by atoms with Crippen molar-refractivity contribution in [2.24, 2.45) is 0 Å². The van der Waals surface area contributed by atoms with Gasteiger partial charge < -0.3 is 20.0 Å². The smallest absolute Gasteiger partial charge is 0.407 e. The number of anilines is 1. The summed E-state index contributed by atoms with van der Waals surface area (Å²) in [5.41, 5.74) is 3.03. The van der Waals surface area contributed by atoms with Crippen molar-refractivity contribution in [2.75, 3.05) is 31.1 Å². The van der Waals surface area contributed by atoms with E-state index in [1.807, 2.05) is 0 Å². The number of aliphatic hydroxyl groups excluding tert-OH is 1. The summed E-state index contributed by atoms with van der Waals surface area (Å²) in [7, 11) is 0. The van der Waals surface area contributed by atoms with E-state index in [1.165, 1.54) is 4.90 Å². The minimum absolute atomic E-state index is 0.176. The number of fused-ring (bicyclic) bond motifs is 1. The summed E-state index contributed by atoms with van der Waals surface area (Å²) in [6.07, 6.45) is 4.47. The molecular weight excluding hydrogens is 332 g/mol. The number of aliphatic hydroxyl groups is 1. The van der Waals surface area contributed by atoms with Crippen LogP contribution in [0.25, 0.3) is 10.9 Å². The zero-order valence-corrected chi connectivity index (χ0v) is 14.7. The number of aromatic nitrogens is 2. The lowest BCUT2D eigenvalue weighted by Crippen LogP contribution is -2.37. The molecule has 0 unspecified atom stereocenters. The first-order valence-corrected chi connectivity index (χ1v) is 9.27. The summed E-state index contributed by atoms with van der Waals surface area (Å²) >= 11 is 0. The third kappa shape index (κ3) is 3.07. The average molecular weight is 356 g/mol. The van der Waals surface area contributed by atoms with Gasteiger partial charge in [0, 0.05) is 36.6 Å². The fraction of sp³-hybridized carbons (Fsp3) is 0.526. The maximum atomic E-state index is 11.1. The van der Waals surface area contributed by atoms with Crippen LogP contribution in [0.2, 0.25) is 0 Å². The highest BCUT2D eigenvalue weighted by Crippen LogP contribution is 2.33. The van der Waals surface area contributed by atoms with Gasteiger partial charge >= 0.3 is 6.09 Å². The third-order valence-corrected chi connectivity index (χ3v) is 5.72. The van der Waals surface area contributed by atoms with Crippen LogP contribution in [0.1, 0.15) is 37.3 Å². The van der Waals surface area contributed by atoms with E-state index in [1.54, 1.807) is 6.33 Å². The van der Waals surface area contributed by atoms with Crippen LogP contribution in [-0.2, 0) is 0 Å². The summed E-state index contributed by atoms with van der Waals surface area (Å²) in [5, 5.41) is 19.7. The predicted octanol–water partition coefficient (Wildman–Crippen LogP) is 2.45. The van der Waals surface area contributed by atoms with Crippen LogP contribution < -0.4 is 4.90 Å². The minimum atomic E-state index is -0.843. The number of carbonyl (C=O) groups is 1. The quantitative estimate of drug-likeness (QED) is 0.878. The van der Waals surface area contributed by atoms with E-state index in [0.717, 1.165) is 54.5 Å². The van der Waals surface area contributed by atoms with E-state index >= 15 is 0 Å². The van der Waals surface area contributed by atoms with Gasteiger partial charge in [-0.2, -0.15) is 0 Å². The lowest BCUT2D eigenvalue weighted by Gasteiger charge is -2.30. The van der Waals surface area contributed by atoms with Crippen LogP contribution in [0.4, 0.5) is 10.5 Å². The second kappa shape index (κ2) is 7.07. The third-order valence-electron chi connectivity index (χ3n) is 5.72. The molecule has 0 radical (unpaired) electrons. The first kappa shape index (κ1) is 17.0. The number of rotatable bonds is 3. The maximum absolute atomic E-state index is 11.1. The highest BCUT2D eigenvalue weighted by Gasteiger charge is 2.27. The molecule has 2 N–H and O–H groups in total. The Morgan fingerprint density at radius 1 is 1.15 bits per heavy atom. The summed E-state index contributed by atoms with van der Waals surface area (Å²) in [4.78, 5) is 23.8. The molecule has 1 amide bonds. The summed E-state index contributed by atoms with van der Waals surface area (Å²) in [6, 6.07) is 6.45. The Kier molecular flexibility index (Phi) is 4.63.